The molecule has 0 saturated carbocycles. The van der Waals surface area contributed by atoms with Crippen molar-refractivity contribution in [1.82, 2.24) is 9.80 Å². The summed E-state index contributed by atoms with van der Waals surface area (Å²) in [5.74, 6) is 2.26. The molecule has 2 aromatic carbocycles. The molecule has 1 amide bonds. The number of carbonyl (C=O) groups excluding carboxylic acids is 1. The summed E-state index contributed by atoms with van der Waals surface area (Å²) >= 11 is 12.0. The van der Waals surface area contributed by atoms with Gasteiger partial charge in [-0.3, -0.25) is 9.69 Å². The van der Waals surface area contributed by atoms with Crippen molar-refractivity contribution in [2.75, 3.05) is 46.5 Å². The summed E-state index contributed by atoms with van der Waals surface area (Å²) < 4.78 is 17.4. The third-order valence-corrected chi connectivity index (χ3v) is 7.78. The Morgan fingerprint density at radius 1 is 0.973 bits per heavy atom. The highest BCUT2D eigenvalue weighted by molar-refractivity contribution is 6.42. The Morgan fingerprint density at radius 2 is 1.84 bits per heavy atom. The minimum atomic E-state index is -0.893. The zero-order valence-electron chi connectivity index (χ0n) is 21.4. The van der Waals surface area contributed by atoms with Gasteiger partial charge in [0.1, 0.15) is 12.4 Å². The standard InChI is InChI=1S/C28H36Cl2N2O5/c1-35-26-17-21(6-9-25(26)36-16-4-14-32-13-2-5-27(32)33)19-31-12-3-10-28(34,11-15-31)20-37-22-7-8-23(29)24(30)18-22/h6-9,17-18,34H,2-5,10-16,19-20H2,1H3/t28-/m1/s1. The lowest BCUT2D eigenvalue weighted by atomic mass is 9.96. The molecule has 4 rings (SSSR count). The molecule has 37 heavy (non-hydrogen) atoms. The number of aliphatic hydroxyl groups is 1. The minimum Gasteiger partial charge on any atom is -0.493 e. The van der Waals surface area contributed by atoms with Crippen molar-refractivity contribution >= 4 is 29.1 Å². The number of hydrogen-bond donors (Lipinski definition) is 1. The summed E-state index contributed by atoms with van der Waals surface area (Å²) in [6, 6.07) is 11.2. The Bertz CT molecular complexity index is 1070. The van der Waals surface area contributed by atoms with E-state index in [1.165, 1.54) is 0 Å². The Hall–Kier alpha value is -2.19. The average molecular weight is 552 g/mol. The van der Waals surface area contributed by atoms with Gasteiger partial charge in [0.15, 0.2) is 11.5 Å². The molecule has 0 bridgehead atoms. The van der Waals surface area contributed by atoms with E-state index < -0.39 is 5.60 Å². The van der Waals surface area contributed by atoms with Gasteiger partial charge < -0.3 is 24.2 Å². The molecular weight excluding hydrogens is 515 g/mol. The highest BCUT2D eigenvalue weighted by atomic mass is 35.5. The molecule has 0 aliphatic carbocycles. The molecule has 9 heteroatoms. The van der Waals surface area contributed by atoms with E-state index in [1.54, 1.807) is 25.3 Å². The number of rotatable bonds is 11. The quantitative estimate of drug-likeness (QED) is 0.388. The van der Waals surface area contributed by atoms with Gasteiger partial charge in [0.05, 0.1) is 29.4 Å². The summed E-state index contributed by atoms with van der Waals surface area (Å²) in [5, 5.41) is 12.1. The maximum atomic E-state index is 11.7. The summed E-state index contributed by atoms with van der Waals surface area (Å²) in [5.41, 5.74) is 0.236. The van der Waals surface area contributed by atoms with Crippen molar-refractivity contribution in [2.24, 2.45) is 0 Å². The SMILES string of the molecule is COc1cc(CN2CCC[C@](O)(COc3ccc(Cl)c(Cl)c3)CC2)ccc1OCCCN1CCCC1=O. The molecule has 1 N–H and O–H groups in total. The van der Waals surface area contributed by atoms with Gasteiger partial charge in [0.25, 0.3) is 0 Å². The number of likely N-dealkylation sites (tertiary alicyclic amines) is 2. The Morgan fingerprint density at radius 3 is 2.59 bits per heavy atom. The lowest BCUT2D eigenvalue weighted by Gasteiger charge is -2.27. The lowest BCUT2D eigenvalue weighted by molar-refractivity contribution is -0.127. The first-order chi connectivity index (χ1) is 17.8. The number of benzene rings is 2. The van der Waals surface area contributed by atoms with Crippen LogP contribution in [0.15, 0.2) is 36.4 Å². The number of hydrogen-bond acceptors (Lipinski definition) is 6. The number of halogens is 2. The number of methoxy groups -OCH3 is 1. The Labute approximate surface area is 229 Å². The lowest BCUT2D eigenvalue weighted by Crippen LogP contribution is -2.37. The number of ether oxygens (including phenoxy) is 3. The zero-order valence-corrected chi connectivity index (χ0v) is 22.9. The predicted octanol–water partition coefficient (Wildman–Crippen LogP) is 5.19. The summed E-state index contributed by atoms with van der Waals surface area (Å²) in [7, 11) is 1.65. The second-order valence-corrected chi connectivity index (χ2v) is 10.7. The molecule has 2 fully saturated rings. The van der Waals surface area contributed by atoms with Crippen molar-refractivity contribution in [3.8, 4) is 17.2 Å². The maximum absolute atomic E-state index is 11.7. The van der Waals surface area contributed by atoms with Crippen LogP contribution in [-0.4, -0.2) is 72.9 Å². The van der Waals surface area contributed by atoms with Gasteiger partial charge >= 0.3 is 0 Å². The molecule has 7 nitrogen and oxygen atoms in total. The normalized spacial score (nSPS) is 20.6. The van der Waals surface area contributed by atoms with Crippen molar-refractivity contribution in [1.29, 1.82) is 0 Å². The summed E-state index contributed by atoms with van der Waals surface area (Å²) in [6.45, 7) is 4.76. The van der Waals surface area contributed by atoms with Crippen molar-refractivity contribution in [3.05, 3.63) is 52.0 Å². The predicted molar refractivity (Wildman–Crippen MR) is 145 cm³/mol. The first kappa shape index (κ1) is 27.8. The number of amides is 1. The second-order valence-electron chi connectivity index (χ2n) is 9.89. The van der Waals surface area contributed by atoms with E-state index in [4.69, 9.17) is 37.4 Å². The summed E-state index contributed by atoms with van der Waals surface area (Å²) in [6.07, 6.45) is 4.58. The molecule has 2 aliphatic heterocycles. The van der Waals surface area contributed by atoms with E-state index in [9.17, 15) is 9.90 Å². The molecular formula is C28H36Cl2N2O5. The fourth-order valence-electron chi connectivity index (χ4n) is 4.89. The van der Waals surface area contributed by atoms with Gasteiger partial charge in [-0.1, -0.05) is 29.3 Å². The van der Waals surface area contributed by atoms with E-state index in [0.29, 0.717) is 53.2 Å². The first-order valence-corrected chi connectivity index (χ1v) is 13.7. The minimum absolute atomic E-state index is 0.213. The van der Waals surface area contributed by atoms with Crippen LogP contribution in [0.1, 0.15) is 44.1 Å². The van der Waals surface area contributed by atoms with Gasteiger partial charge in [-0.15, -0.1) is 0 Å². The van der Waals surface area contributed by atoms with Crippen LogP contribution >= 0.6 is 23.2 Å². The molecule has 202 valence electrons. The molecule has 2 heterocycles. The molecule has 0 radical (unpaired) electrons. The van der Waals surface area contributed by atoms with Crippen LogP contribution in [0.25, 0.3) is 0 Å². The van der Waals surface area contributed by atoms with Crippen LogP contribution in [0.4, 0.5) is 0 Å². The van der Waals surface area contributed by atoms with Gasteiger partial charge in [-0.2, -0.15) is 0 Å². The number of nitrogens with zero attached hydrogens (tertiary/aromatic N) is 2. The van der Waals surface area contributed by atoms with Crippen LogP contribution in [0.2, 0.25) is 10.0 Å². The third-order valence-electron chi connectivity index (χ3n) is 7.04. The van der Waals surface area contributed by atoms with Crippen molar-refractivity contribution in [2.45, 2.75) is 50.7 Å². The van der Waals surface area contributed by atoms with Crippen LogP contribution in [0.3, 0.4) is 0 Å². The maximum Gasteiger partial charge on any atom is 0.222 e. The first-order valence-electron chi connectivity index (χ1n) is 13.0. The molecule has 0 aromatic heterocycles. The van der Waals surface area contributed by atoms with E-state index in [1.807, 2.05) is 17.0 Å². The second kappa shape index (κ2) is 13.1. The van der Waals surface area contributed by atoms with Gasteiger partial charge in [-0.25, -0.2) is 0 Å². The van der Waals surface area contributed by atoms with Gasteiger partial charge in [-0.05, 0) is 68.5 Å². The van der Waals surface area contributed by atoms with E-state index in [0.717, 1.165) is 57.5 Å². The smallest absolute Gasteiger partial charge is 0.222 e. The largest absolute Gasteiger partial charge is 0.493 e. The van der Waals surface area contributed by atoms with Gasteiger partial charge in [0.2, 0.25) is 5.91 Å². The Balaban J connectivity index is 1.25. The van der Waals surface area contributed by atoms with E-state index >= 15 is 0 Å². The molecule has 0 spiro atoms. The van der Waals surface area contributed by atoms with Crippen molar-refractivity contribution in [3.63, 3.8) is 0 Å². The molecule has 2 aromatic rings. The molecule has 2 saturated heterocycles. The highest BCUT2D eigenvalue weighted by Gasteiger charge is 2.31. The van der Waals surface area contributed by atoms with Crippen LogP contribution in [-0.2, 0) is 11.3 Å². The molecule has 0 unspecified atom stereocenters. The zero-order chi connectivity index (χ0) is 26.3. The summed E-state index contributed by atoms with van der Waals surface area (Å²) in [4.78, 5) is 16.0. The monoisotopic (exact) mass is 550 g/mol. The van der Waals surface area contributed by atoms with Crippen LogP contribution < -0.4 is 14.2 Å². The molecule has 2 aliphatic rings. The van der Waals surface area contributed by atoms with E-state index in [2.05, 4.69) is 11.0 Å². The van der Waals surface area contributed by atoms with Crippen molar-refractivity contribution < 1.29 is 24.1 Å². The fourth-order valence-corrected chi connectivity index (χ4v) is 5.18. The third kappa shape index (κ3) is 7.90. The van der Waals surface area contributed by atoms with Crippen LogP contribution in [0.5, 0.6) is 17.2 Å². The number of carbonyl (C=O) groups is 1. The highest BCUT2D eigenvalue weighted by Crippen LogP contribution is 2.31. The van der Waals surface area contributed by atoms with Gasteiger partial charge in [0, 0.05) is 38.7 Å². The fraction of sp³-hybridized carbons (Fsp3) is 0.536. The van der Waals surface area contributed by atoms with E-state index in [-0.39, 0.29) is 12.5 Å². The van der Waals surface area contributed by atoms with Crippen LogP contribution in [0, 0.1) is 0 Å². The Kier molecular flexibility index (Phi) is 9.82. The molecule has 1 atom stereocenters. The topological polar surface area (TPSA) is 71.5 Å². The average Bonchev–Trinajstić information content (AvgIpc) is 3.21.